The van der Waals surface area contributed by atoms with Gasteiger partial charge >= 0.3 is 5.97 Å². The second-order valence-corrected chi connectivity index (χ2v) is 5.87. The zero-order valence-electron chi connectivity index (χ0n) is 14.3. The lowest BCUT2D eigenvalue weighted by Crippen LogP contribution is -2.43. The highest BCUT2D eigenvalue weighted by molar-refractivity contribution is 5.97. The number of nitro groups is 1. The molecule has 10 heteroatoms. The van der Waals surface area contributed by atoms with E-state index in [1.807, 2.05) is 0 Å². The van der Waals surface area contributed by atoms with Crippen molar-refractivity contribution >= 4 is 29.2 Å². The van der Waals surface area contributed by atoms with E-state index in [9.17, 15) is 24.5 Å². The lowest BCUT2D eigenvalue weighted by Gasteiger charge is -2.30. The highest BCUT2D eigenvalue weighted by atomic mass is 16.6. The minimum absolute atomic E-state index is 0.0260. The number of likely N-dealkylation sites (tertiary alicyclic amines) is 1. The number of hydrogen-bond donors (Lipinski definition) is 2. The molecule has 1 saturated heterocycles. The van der Waals surface area contributed by atoms with Gasteiger partial charge in [0.2, 0.25) is 5.91 Å². The van der Waals surface area contributed by atoms with E-state index in [4.69, 9.17) is 10.5 Å². The molecule has 0 atom stereocenters. The predicted molar refractivity (Wildman–Crippen MR) is 91.4 cm³/mol. The van der Waals surface area contributed by atoms with Gasteiger partial charge in [0, 0.05) is 43.9 Å². The van der Waals surface area contributed by atoms with Crippen molar-refractivity contribution in [2.24, 2.45) is 11.7 Å². The van der Waals surface area contributed by atoms with Gasteiger partial charge in [-0.05, 0) is 18.9 Å². The molecule has 0 saturated carbocycles. The molecule has 1 heterocycles. The Bertz CT molecular complexity index is 727. The van der Waals surface area contributed by atoms with Crippen molar-refractivity contribution in [1.82, 2.24) is 4.90 Å². The predicted octanol–water partition coefficient (Wildman–Crippen LogP) is 0.517. The van der Waals surface area contributed by atoms with Gasteiger partial charge in [-0.3, -0.25) is 19.7 Å². The van der Waals surface area contributed by atoms with Crippen LogP contribution in [0.15, 0.2) is 18.2 Å². The Morgan fingerprint density at radius 2 is 2.00 bits per heavy atom. The Kier molecular flexibility index (Phi) is 6.10. The molecule has 0 bridgehead atoms. The van der Waals surface area contributed by atoms with Crippen molar-refractivity contribution in [3.05, 3.63) is 33.9 Å². The largest absolute Gasteiger partial charge is 0.452 e. The van der Waals surface area contributed by atoms with Crippen LogP contribution in [0.2, 0.25) is 0 Å². The molecule has 1 fully saturated rings. The third-order valence-electron chi connectivity index (χ3n) is 4.28. The minimum Gasteiger partial charge on any atom is -0.452 e. The van der Waals surface area contributed by atoms with E-state index in [1.54, 1.807) is 7.05 Å². The average Bonchev–Trinajstić information content (AvgIpc) is 2.65. The molecule has 1 aliphatic heterocycles. The number of nitrogens with one attached hydrogen (secondary N) is 1. The molecule has 0 aliphatic carbocycles. The Morgan fingerprint density at radius 3 is 2.54 bits per heavy atom. The maximum atomic E-state index is 12.2. The van der Waals surface area contributed by atoms with Crippen molar-refractivity contribution in [1.29, 1.82) is 0 Å². The monoisotopic (exact) mass is 364 g/mol. The summed E-state index contributed by atoms with van der Waals surface area (Å²) in [6.45, 7) is 0.247. The van der Waals surface area contributed by atoms with Gasteiger partial charge < -0.3 is 20.7 Å². The minimum atomic E-state index is -0.835. The second kappa shape index (κ2) is 8.28. The summed E-state index contributed by atoms with van der Waals surface area (Å²) >= 11 is 0. The number of piperidine rings is 1. The number of carbonyl (C=O) groups is 3. The van der Waals surface area contributed by atoms with Crippen LogP contribution in [0.1, 0.15) is 23.2 Å². The summed E-state index contributed by atoms with van der Waals surface area (Å²) in [6.07, 6.45) is 0.952. The SMILES string of the molecule is CNc1ccc([N+](=O)[O-])cc1C(=O)OCC(=O)N1CCC(C(N)=O)CC1. The van der Waals surface area contributed by atoms with Gasteiger partial charge in [0.15, 0.2) is 6.61 Å². The van der Waals surface area contributed by atoms with Gasteiger partial charge in [-0.1, -0.05) is 0 Å². The van der Waals surface area contributed by atoms with Gasteiger partial charge in [-0.25, -0.2) is 4.79 Å². The third-order valence-corrected chi connectivity index (χ3v) is 4.28. The van der Waals surface area contributed by atoms with Crippen LogP contribution in [0.3, 0.4) is 0 Å². The number of ether oxygens (including phenoxy) is 1. The van der Waals surface area contributed by atoms with Gasteiger partial charge in [0.25, 0.3) is 11.6 Å². The van der Waals surface area contributed by atoms with Crippen molar-refractivity contribution in [2.45, 2.75) is 12.8 Å². The highest BCUT2D eigenvalue weighted by Crippen LogP contribution is 2.23. The molecule has 26 heavy (non-hydrogen) atoms. The lowest BCUT2D eigenvalue weighted by atomic mass is 9.96. The van der Waals surface area contributed by atoms with E-state index in [-0.39, 0.29) is 23.1 Å². The van der Waals surface area contributed by atoms with Gasteiger partial charge in [-0.15, -0.1) is 0 Å². The fraction of sp³-hybridized carbons (Fsp3) is 0.438. The van der Waals surface area contributed by atoms with Crippen molar-refractivity contribution in [2.75, 3.05) is 32.1 Å². The van der Waals surface area contributed by atoms with Crippen LogP contribution in [0, 0.1) is 16.0 Å². The highest BCUT2D eigenvalue weighted by Gasteiger charge is 2.27. The van der Waals surface area contributed by atoms with E-state index < -0.39 is 23.4 Å². The van der Waals surface area contributed by atoms with Crippen LogP contribution < -0.4 is 11.1 Å². The molecule has 2 rings (SSSR count). The zero-order valence-corrected chi connectivity index (χ0v) is 14.3. The second-order valence-electron chi connectivity index (χ2n) is 5.87. The fourth-order valence-corrected chi connectivity index (χ4v) is 2.74. The van der Waals surface area contributed by atoms with Gasteiger partial charge in [-0.2, -0.15) is 0 Å². The average molecular weight is 364 g/mol. The molecule has 2 amide bonds. The molecule has 1 aliphatic rings. The molecular weight excluding hydrogens is 344 g/mol. The van der Waals surface area contributed by atoms with Crippen LogP contribution in [0.5, 0.6) is 0 Å². The number of nitrogens with two attached hydrogens (primary N) is 1. The maximum absolute atomic E-state index is 12.2. The summed E-state index contributed by atoms with van der Waals surface area (Å²) < 4.78 is 5.01. The summed E-state index contributed by atoms with van der Waals surface area (Å²) in [5.74, 6) is -1.85. The molecule has 0 unspecified atom stereocenters. The summed E-state index contributed by atoms with van der Waals surface area (Å²) in [4.78, 5) is 47.2. The molecule has 3 N–H and O–H groups in total. The number of nitrogens with zero attached hydrogens (tertiary/aromatic N) is 2. The molecule has 1 aromatic rings. The number of rotatable bonds is 6. The lowest BCUT2D eigenvalue weighted by molar-refractivity contribution is -0.384. The first kappa shape index (κ1) is 19.2. The zero-order chi connectivity index (χ0) is 19.3. The summed E-state index contributed by atoms with van der Waals surface area (Å²) in [7, 11) is 1.56. The first-order valence-corrected chi connectivity index (χ1v) is 8.04. The Morgan fingerprint density at radius 1 is 1.35 bits per heavy atom. The van der Waals surface area contributed by atoms with Crippen LogP contribution >= 0.6 is 0 Å². The number of benzene rings is 1. The number of amides is 2. The number of non-ortho nitro benzene ring substituents is 1. The molecule has 0 spiro atoms. The number of anilines is 1. The molecule has 1 aromatic carbocycles. The summed E-state index contributed by atoms with van der Waals surface area (Å²) in [6, 6.07) is 3.75. The Balaban J connectivity index is 1.96. The number of primary amides is 1. The summed E-state index contributed by atoms with van der Waals surface area (Å²) in [5, 5.41) is 13.6. The first-order valence-electron chi connectivity index (χ1n) is 8.04. The normalized spacial score (nSPS) is 14.6. The topological polar surface area (TPSA) is 145 Å². The summed E-state index contributed by atoms with van der Waals surface area (Å²) in [5.41, 5.74) is 5.32. The van der Waals surface area contributed by atoms with Crippen molar-refractivity contribution in [3.8, 4) is 0 Å². The fourth-order valence-electron chi connectivity index (χ4n) is 2.74. The van der Waals surface area contributed by atoms with Gasteiger partial charge in [0.1, 0.15) is 0 Å². The quantitative estimate of drug-likeness (QED) is 0.425. The van der Waals surface area contributed by atoms with Crippen LogP contribution in [-0.4, -0.2) is 54.4 Å². The van der Waals surface area contributed by atoms with E-state index in [0.29, 0.717) is 31.6 Å². The molecule has 0 aromatic heterocycles. The number of hydrogen-bond acceptors (Lipinski definition) is 7. The van der Waals surface area contributed by atoms with E-state index in [1.165, 1.54) is 17.0 Å². The maximum Gasteiger partial charge on any atom is 0.341 e. The van der Waals surface area contributed by atoms with Crippen LogP contribution in [0.4, 0.5) is 11.4 Å². The number of esters is 1. The van der Waals surface area contributed by atoms with E-state index >= 15 is 0 Å². The third kappa shape index (κ3) is 4.47. The van der Waals surface area contributed by atoms with Crippen molar-refractivity contribution in [3.63, 3.8) is 0 Å². The van der Waals surface area contributed by atoms with E-state index in [0.717, 1.165) is 6.07 Å². The standard InChI is InChI=1S/C16H20N4O6/c1-18-13-3-2-11(20(24)25)8-12(13)16(23)26-9-14(21)19-6-4-10(5-7-19)15(17)22/h2-3,8,10,18H,4-7,9H2,1H3,(H2,17,22). The molecule has 140 valence electrons. The molecular formula is C16H20N4O6. The van der Waals surface area contributed by atoms with Gasteiger partial charge in [0.05, 0.1) is 10.5 Å². The van der Waals surface area contributed by atoms with E-state index in [2.05, 4.69) is 5.32 Å². The smallest absolute Gasteiger partial charge is 0.341 e. The Labute approximate surface area is 149 Å². The van der Waals surface area contributed by atoms with Crippen molar-refractivity contribution < 1.29 is 24.0 Å². The molecule has 0 radical (unpaired) electrons. The van der Waals surface area contributed by atoms with Crippen LogP contribution in [0.25, 0.3) is 0 Å². The number of carbonyl (C=O) groups excluding carboxylic acids is 3. The molecule has 10 nitrogen and oxygen atoms in total. The first-order chi connectivity index (χ1) is 12.3. The Hall–Kier alpha value is -3.17. The number of nitro benzene ring substituents is 1. The van der Waals surface area contributed by atoms with Crippen LogP contribution in [-0.2, 0) is 14.3 Å².